The molecule has 0 unspecified atom stereocenters. The number of aryl methyl sites for hydroxylation is 2. The predicted octanol–water partition coefficient (Wildman–Crippen LogP) is 13.8. The molecule has 4 heteroatoms. The van der Waals surface area contributed by atoms with E-state index in [1.54, 1.807) is 0 Å². The molecular weight excluding hydrogens is 695 g/mol. The summed E-state index contributed by atoms with van der Waals surface area (Å²) in [6.07, 6.45) is 0. The van der Waals surface area contributed by atoms with Crippen LogP contribution in [0.5, 0.6) is 0 Å². The average molecular weight is 743 g/mol. The first-order chi connectivity index (χ1) is 21.8. The number of hydrogen-bond acceptors (Lipinski definition) is 0. The van der Waals surface area contributed by atoms with Gasteiger partial charge in [-0.3, -0.25) is 0 Å². The van der Waals surface area contributed by atoms with Gasteiger partial charge in [-0.25, -0.2) is 0 Å². The molecule has 46 heavy (non-hydrogen) atoms. The molecule has 0 saturated heterocycles. The van der Waals surface area contributed by atoms with E-state index in [1.165, 1.54) is 66.1 Å². The van der Waals surface area contributed by atoms with Crippen molar-refractivity contribution in [1.29, 1.82) is 0 Å². The number of halogens is 2. The molecule has 0 aliphatic heterocycles. The molecule has 0 nitrogen and oxygen atoms in total. The van der Waals surface area contributed by atoms with Gasteiger partial charge in [0.1, 0.15) is 0 Å². The van der Waals surface area contributed by atoms with Crippen LogP contribution in [0.25, 0.3) is 43.8 Å². The third-order valence-electron chi connectivity index (χ3n) is 7.81. The molecule has 0 bridgehead atoms. The van der Waals surface area contributed by atoms with Crippen molar-refractivity contribution in [3.05, 3.63) is 131 Å². The van der Waals surface area contributed by atoms with Crippen molar-refractivity contribution in [2.75, 3.05) is 0 Å². The first-order valence-corrected chi connectivity index (χ1v) is 24.2. The molecule has 6 aromatic rings. The van der Waals surface area contributed by atoms with Gasteiger partial charge in [0.15, 0.2) is 0 Å². The Labute approximate surface area is 299 Å². The molecule has 0 N–H and O–H groups in total. The normalized spacial score (nSPS) is 11.0. The van der Waals surface area contributed by atoms with Crippen LogP contribution in [0, 0.1) is 13.8 Å². The summed E-state index contributed by atoms with van der Waals surface area (Å²) in [6.45, 7) is 22.4. The standard InChI is InChI=1S/2C20H21.C2H6Si.2ClH.Zr/c2*1-14-12-16-10-11-18(20(2,3)4)19(17(16)13-14)15-8-6-5-7-9-15;1-3-2;;;/h2*5-13H,1-4H3;1-2H3;2*1H;/q2*-1;;;;+4/p-2. The van der Waals surface area contributed by atoms with Crippen LogP contribution in [0.1, 0.15) is 63.8 Å². The molecule has 0 fully saturated rings. The summed E-state index contributed by atoms with van der Waals surface area (Å²) in [4.78, 5) is 0. The fraction of sp³-hybridized carbons (Fsp3) is 0.286. The number of hydrogen-bond donors (Lipinski definition) is 0. The number of fused-ring (bicyclic) bond motifs is 2. The van der Waals surface area contributed by atoms with Gasteiger partial charge in [-0.2, -0.15) is 12.1 Å². The summed E-state index contributed by atoms with van der Waals surface area (Å²) >= 11 is -0.826. The van der Waals surface area contributed by atoms with Gasteiger partial charge < -0.3 is 0 Å². The molecule has 2 radical (unpaired) electrons. The second-order valence-corrected chi connectivity index (χ2v) is 18.6. The molecule has 0 spiro atoms. The monoisotopic (exact) mass is 740 g/mol. The van der Waals surface area contributed by atoms with Crippen molar-refractivity contribution < 1.29 is 20.8 Å². The molecule has 0 aliphatic rings. The Bertz CT molecular complexity index is 1660. The van der Waals surface area contributed by atoms with E-state index in [-0.39, 0.29) is 10.8 Å². The van der Waals surface area contributed by atoms with E-state index in [4.69, 9.17) is 17.0 Å². The first-order valence-electron chi connectivity index (χ1n) is 15.8. The van der Waals surface area contributed by atoms with Gasteiger partial charge in [0.2, 0.25) is 0 Å². The Balaban J connectivity index is 0.000000214. The van der Waals surface area contributed by atoms with Crippen LogP contribution < -0.4 is 0 Å². The summed E-state index contributed by atoms with van der Waals surface area (Å²) < 4.78 is 0. The van der Waals surface area contributed by atoms with Gasteiger partial charge in [-0.05, 0) is 22.0 Å². The Morgan fingerprint density at radius 1 is 0.543 bits per heavy atom. The second kappa shape index (κ2) is 17.3. The maximum atomic E-state index is 4.93. The number of benzene rings is 4. The molecule has 0 aliphatic carbocycles. The van der Waals surface area contributed by atoms with E-state index in [2.05, 4.69) is 178 Å². The minimum atomic E-state index is -0.826. The molecule has 0 heterocycles. The van der Waals surface area contributed by atoms with Gasteiger partial charge in [-0.15, -0.1) is 69.1 Å². The quantitative estimate of drug-likeness (QED) is 0.122. The zero-order valence-electron chi connectivity index (χ0n) is 29.1. The van der Waals surface area contributed by atoms with E-state index >= 15 is 0 Å². The van der Waals surface area contributed by atoms with E-state index in [9.17, 15) is 0 Å². The maximum absolute atomic E-state index is 4.93. The Kier molecular flexibility index (Phi) is 14.3. The van der Waals surface area contributed by atoms with Crippen molar-refractivity contribution in [3.8, 4) is 22.3 Å². The minimum absolute atomic E-state index is 0.143. The predicted molar refractivity (Wildman–Crippen MR) is 206 cm³/mol. The summed E-state index contributed by atoms with van der Waals surface area (Å²) in [5.41, 5.74) is 11.2. The summed E-state index contributed by atoms with van der Waals surface area (Å²) in [7, 11) is 11.0. The Hall–Kier alpha value is -2.22. The molecule has 0 saturated carbocycles. The molecule has 0 amide bonds. The van der Waals surface area contributed by atoms with Crippen LogP contribution in [-0.4, -0.2) is 9.52 Å². The first kappa shape index (κ1) is 38.2. The van der Waals surface area contributed by atoms with Crippen molar-refractivity contribution in [2.45, 2.75) is 79.3 Å². The van der Waals surface area contributed by atoms with Crippen molar-refractivity contribution in [2.24, 2.45) is 0 Å². The van der Waals surface area contributed by atoms with Crippen LogP contribution >= 0.6 is 17.0 Å². The van der Waals surface area contributed by atoms with Gasteiger partial charge in [0.25, 0.3) is 0 Å². The van der Waals surface area contributed by atoms with E-state index in [0.29, 0.717) is 0 Å². The van der Waals surface area contributed by atoms with Crippen LogP contribution in [0.15, 0.2) is 109 Å². The van der Waals surface area contributed by atoms with Gasteiger partial charge in [-0.1, -0.05) is 151 Å². The van der Waals surface area contributed by atoms with Crippen LogP contribution in [0.2, 0.25) is 13.1 Å². The van der Waals surface area contributed by atoms with Crippen molar-refractivity contribution in [1.82, 2.24) is 0 Å². The molecule has 6 rings (SSSR count). The van der Waals surface area contributed by atoms with Crippen LogP contribution in [0.3, 0.4) is 0 Å². The van der Waals surface area contributed by atoms with E-state index in [1.807, 2.05) is 0 Å². The van der Waals surface area contributed by atoms with Crippen molar-refractivity contribution >= 4 is 48.1 Å². The summed E-state index contributed by atoms with van der Waals surface area (Å²) in [5, 5.41) is 5.44. The Morgan fingerprint density at radius 2 is 0.848 bits per heavy atom. The summed E-state index contributed by atoms with van der Waals surface area (Å²) in [5.74, 6) is 0. The molecule has 6 aromatic carbocycles. The van der Waals surface area contributed by atoms with Crippen LogP contribution in [-0.2, 0) is 31.7 Å². The average Bonchev–Trinajstić information content (AvgIpc) is 3.58. The third-order valence-corrected chi connectivity index (χ3v) is 7.81. The van der Waals surface area contributed by atoms with E-state index in [0.717, 1.165) is 9.52 Å². The zero-order chi connectivity index (χ0) is 34.1. The van der Waals surface area contributed by atoms with E-state index < -0.39 is 20.8 Å². The van der Waals surface area contributed by atoms with Gasteiger partial charge in [0.05, 0.1) is 0 Å². The molecule has 0 atom stereocenters. The molecular formula is C42H48Cl2SiZr. The van der Waals surface area contributed by atoms with Crippen LogP contribution in [0.4, 0.5) is 0 Å². The topological polar surface area (TPSA) is 0 Å². The van der Waals surface area contributed by atoms with Gasteiger partial charge in [0, 0.05) is 9.52 Å². The molecule has 0 aromatic heterocycles. The molecule has 238 valence electrons. The van der Waals surface area contributed by atoms with Crippen molar-refractivity contribution in [3.63, 3.8) is 0 Å². The van der Waals surface area contributed by atoms with Gasteiger partial charge >= 0.3 is 37.9 Å². The SMILES string of the molecule is C[Si]C.Cc1cc2c(-c3ccccc3)c(C(C)(C)C)ccc2[cH-]1.Cc1cc2c(-c3ccccc3)c(C(C)(C)C)ccc2[cH-]1.[Cl][Zr+2][Cl]. The summed E-state index contributed by atoms with van der Waals surface area (Å²) in [6, 6.07) is 39.8. The second-order valence-electron chi connectivity index (χ2n) is 13.9. The third kappa shape index (κ3) is 9.90. The zero-order valence-corrected chi connectivity index (χ0v) is 34.1. The fourth-order valence-electron chi connectivity index (χ4n) is 5.94. The number of rotatable bonds is 2. The Morgan fingerprint density at radius 3 is 1.13 bits per heavy atom. The fourth-order valence-corrected chi connectivity index (χ4v) is 5.94.